The molecule has 0 aliphatic heterocycles. The molecule has 0 amide bonds. The molecular formula is C6H13BS2. The molecular weight excluding hydrogens is 147 g/mol. The van der Waals surface area contributed by atoms with Gasteiger partial charge >= 0.3 is 0 Å². The quantitative estimate of drug-likeness (QED) is 0.458. The normalized spacial score (nSPS) is 9.22. The number of hydrogen-bond acceptors (Lipinski definition) is 2. The fourth-order valence-electron chi connectivity index (χ4n) is 0.547. The van der Waals surface area contributed by atoms with Gasteiger partial charge in [-0.05, 0) is 25.8 Å². The molecule has 0 aliphatic rings. The van der Waals surface area contributed by atoms with E-state index in [9.17, 15) is 0 Å². The number of allylic oxidation sites excluding steroid dienone is 1. The maximum atomic E-state index is 3.86. The summed E-state index contributed by atoms with van der Waals surface area (Å²) in [6, 6.07) is 0. The second-order valence-electron chi connectivity index (χ2n) is 2.06. The highest BCUT2D eigenvalue weighted by Crippen LogP contribution is 2.20. The van der Waals surface area contributed by atoms with Crippen LogP contribution in [0, 0.1) is 0 Å². The molecule has 0 rings (SSSR count). The van der Waals surface area contributed by atoms with Crippen molar-refractivity contribution in [2.75, 3.05) is 12.5 Å². The highest BCUT2D eigenvalue weighted by molar-refractivity contribution is 8.53. The molecule has 0 heterocycles. The van der Waals surface area contributed by atoms with Crippen LogP contribution in [0.2, 0.25) is 6.32 Å². The highest BCUT2D eigenvalue weighted by Gasteiger charge is 2.09. The molecule has 0 saturated heterocycles. The van der Waals surface area contributed by atoms with Gasteiger partial charge < -0.3 is 0 Å². The summed E-state index contributed by atoms with van der Waals surface area (Å²) in [6.45, 7) is 5.95. The van der Waals surface area contributed by atoms with Crippen molar-refractivity contribution in [3.05, 3.63) is 12.2 Å². The van der Waals surface area contributed by atoms with Crippen molar-refractivity contribution < 1.29 is 0 Å². The first kappa shape index (κ1) is 9.50. The van der Waals surface area contributed by atoms with Gasteiger partial charge in [0.1, 0.15) is 0 Å². The predicted molar refractivity (Wildman–Crippen MR) is 52.4 cm³/mol. The molecule has 3 heteroatoms. The Morgan fingerprint density at radius 1 is 1.44 bits per heavy atom. The molecule has 0 fully saturated rings. The van der Waals surface area contributed by atoms with Crippen molar-refractivity contribution >= 4 is 28.5 Å². The van der Waals surface area contributed by atoms with Gasteiger partial charge in [0.15, 0.2) is 0 Å². The fraction of sp³-hybridized carbons (Fsp3) is 0.667. The smallest absolute Gasteiger partial charge is 0.198 e. The van der Waals surface area contributed by atoms with Gasteiger partial charge in [-0.3, -0.25) is 0 Å². The zero-order valence-corrected chi connectivity index (χ0v) is 7.94. The van der Waals surface area contributed by atoms with E-state index in [4.69, 9.17) is 0 Å². The van der Waals surface area contributed by atoms with Gasteiger partial charge in [0.2, 0.25) is 0 Å². The molecule has 0 aromatic heterocycles. The van der Waals surface area contributed by atoms with Gasteiger partial charge in [-0.2, -0.15) is 23.2 Å². The van der Waals surface area contributed by atoms with Crippen molar-refractivity contribution in [2.24, 2.45) is 0 Å². The van der Waals surface area contributed by atoms with Gasteiger partial charge in [-0.15, -0.1) is 6.58 Å². The van der Waals surface area contributed by atoms with Crippen LogP contribution in [0.25, 0.3) is 0 Å². The minimum atomic E-state index is 0.711. The lowest BCUT2D eigenvalue weighted by Gasteiger charge is -2.05. The topological polar surface area (TPSA) is 0 Å². The van der Waals surface area contributed by atoms with Crippen LogP contribution in [0.4, 0.5) is 0 Å². The van der Waals surface area contributed by atoms with Crippen LogP contribution in [0.3, 0.4) is 0 Å². The van der Waals surface area contributed by atoms with E-state index in [1.165, 1.54) is 5.57 Å². The summed E-state index contributed by atoms with van der Waals surface area (Å²) in [5.41, 5.74) is 1.28. The van der Waals surface area contributed by atoms with E-state index in [0.717, 1.165) is 6.32 Å². The molecule has 0 unspecified atom stereocenters. The lowest BCUT2D eigenvalue weighted by Crippen LogP contribution is -2.00. The Balaban J connectivity index is 3.43. The molecule has 0 saturated carbocycles. The van der Waals surface area contributed by atoms with Gasteiger partial charge in [0.05, 0.1) is 0 Å². The molecule has 0 radical (unpaired) electrons. The third-order valence-electron chi connectivity index (χ3n) is 1.04. The molecule has 0 aliphatic carbocycles. The van der Waals surface area contributed by atoms with Crippen molar-refractivity contribution in [1.82, 2.24) is 0 Å². The van der Waals surface area contributed by atoms with E-state index in [1.54, 1.807) is 0 Å². The van der Waals surface area contributed by atoms with Gasteiger partial charge in [0, 0.05) is 0 Å². The third-order valence-corrected chi connectivity index (χ3v) is 3.58. The fourth-order valence-corrected chi connectivity index (χ4v) is 2.22. The van der Waals surface area contributed by atoms with E-state index in [-0.39, 0.29) is 0 Å². The van der Waals surface area contributed by atoms with Crippen molar-refractivity contribution in [3.63, 3.8) is 0 Å². The molecule has 0 nitrogen and oxygen atoms in total. The van der Waals surface area contributed by atoms with Crippen LogP contribution in [-0.4, -0.2) is 17.8 Å². The average Bonchev–Trinajstić information content (AvgIpc) is 1.82. The Kier molecular flexibility index (Phi) is 5.60. The Morgan fingerprint density at radius 2 is 1.89 bits per heavy atom. The minimum absolute atomic E-state index is 0.711. The van der Waals surface area contributed by atoms with Crippen molar-refractivity contribution in [1.29, 1.82) is 0 Å². The zero-order valence-electron chi connectivity index (χ0n) is 6.31. The summed E-state index contributed by atoms with van der Waals surface area (Å²) in [7, 11) is 0. The molecule has 9 heavy (non-hydrogen) atoms. The van der Waals surface area contributed by atoms with Gasteiger partial charge in [-0.25, -0.2) is 0 Å². The summed E-state index contributed by atoms with van der Waals surface area (Å²) in [6.07, 6.45) is 5.43. The number of hydrogen-bond donors (Lipinski definition) is 0. The lowest BCUT2D eigenvalue weighted by molar-refractivity contribution is 1.40. The first-order valence-corrected chi connectivity index (χ1v) is 5.48. The molecule has 0 aromatic carbocycles. The van der Waals surface area contributed by atoms with Crippen LogP contribution < -0.4 is 0 Å². The average molecular weight is 160 g/mol. The molecule has 0 spiro atoms. The molecule has 0 bridgehead atoms. The van der Waals surface area contributed by atoms with Crippen LogP contribution >= 0.6 is 23.2 Å². The standard InChI is InChI=1S/C6H13BS2/c1-6(2)5-7(8-3)9-4/h1,5H2,2-4H3. The Bertz CT molecular complexity index is 89.1. The van der Waals surface area contributed by atoms with Crippen molar-refractivity contribution in [3.8, 4) is 0 Å². The Labute approximate surface area is 66.7 Å². The maximum Gasteiger partial charge on any atom is 0.277 e. The summed E-state index contributed by atoms with van der Waals surface area (Å²) >= 11 is 3.80. The summed E-state index contributed by atoms with van der Waals surface area (Å²) in [5.74, 6) is 0. The maximum absolute atomic E-state index is 3.86. The second kappa shape index (κ2) is 5.30. The first-order chi connectivity index (χ1) is 4.20. The molecule has 0 N–H and O–H groups in total. The van der Waals surface area contributed by atoms with E-state index < -0.39 is 0 Å². The Hall–Kier alpha value is 0.505. The second-order valence-corrected chi connectivity index (χ2v) is 4.44. The third kappa shape index (κ3) is 4.98. The zero-order chi connectivity index (χ0) is 7.28. The lowest BCUT2D eigenvalue weighted by atomic mass is 9.95. The van der Waals surface area contributed by atoms with E-state index in [2.05, 4.69) is 26.0 Å². The van der Waals surface area contributed by atoms with Crippen LogP contribution in [-0.2, 0) is 0 Å². The van der Waals surface area contributed by atoms with Gasteiger partial charge in [-0.1, -0.05) is 5.57 Å². The summed E-state index contributed by atoms with van der Waals surface area (Å²) in [4.78, 5) is 0. The largest absolute Gasteiger partial charge is 0.277 e. The molecule has 0 aromatic rings. The van der Waals surface area contributed by atoms with Crippen LogP contribution in [0.15, 0.2) is 12.2 Å². The molecule has 0 atom stereocenters. The predicted octanol–water partition coefficient (Wildman–Crippen LogP) is 2.78. The first-order valence-electron chi connectivity index (χ1n) is 2.90. The van der Waals surface area contributed by atoms with E-state index >= 15 is 0 Å². The van der Waals surface area contributed by atoms with Crippen LogP contribution in [0.5, 0.6) is 0 Å². The molecule has 52 valence electrons. The number of rotatable bonds is 4. The van der Waals surface area contributed by atoms with Crippen LogP contribution in [0.1, 0.15) is 6.92 Å². The van der Waals surface area contributed by atoms with Crippen molar-refractivity contribution in [2.45, 2.75) is 13.2 Å². The summed E-state index contributed by atoms with van der Waals surface area (Å²) < 4.78 is 0. The summed E-state index contributed by atoms with van der Waals surface area (Å²) in [5, 5.41) is 0.711. The highest BCUT2D eigenvalue weighted by atomic mass is 32.2. The monoisotopic (exact) mass is 160 g/mol. The minimum Gasteiger partial charge on any atom is -0.198 e. The van der Waals surface area contributed by atoms with E-state index in [1.807, 2.05) is 23.2 Å². The van der Waals surface area contributed by atoms with E-state index in [0.29, 0.717) is 5.27 Å². The van der Waals surface area contributed by atoms with Gasteiger partial charge in [0.25, 0.3) is 5.27 Å². The SMILES string of the molecule is C=C(C)CB(SC)SC. The Morgan fingerprint density at radius 3 is 2.00 bits per heavy atom.